The number of rotatable bonds is 3. The number of aryl methyl sites for hydroxylation is 1. The molecule has 0 N–H and O–H groups in total. The summed E-state index contributed by atoms with van der Waals surface area (Å²) in [7, 11) is 0. The summed E-state index contributed by atoms with van der Waals surface area (Å²) in [6, 6.07) is 4.03. The molecule has 0 bridgehead atoms. The lowest BCUT2D eigenvalue weighted by molar-refractivity contribution is 0.102. The van der Waals surface area contributed by atoms with Gasteiger partial charge in [-0.25, -0.2) is 4.39 Å². The van der Waals surface area contributed by atoms with E-state index in [0.717, 1.165) is 0 Å². The van der Waals surface area contributed by atoms with Crippen LogP contribution in [0.25, 0.3) is 0 Å². The molecule has 0 aliphatic carbocycles. The fourth-order valence-electron chi connectivity index (χ4n) is 1.63. The zero-order chi connectivity index (χ0) is 13.3. The van der Waals surface area contributed by atoms with E-state index in [2.05, 4.69) is 37.0 Å². The van der Waals surface area contributed by atoms with E-state index in [1.807, 2.05) is 6.92 Å². The Morgan fingerprint density at radius 1 is 1.39 bits per heavy atom. The highest BCUT2D eigenvalue weighted by molar-refractivity contribution is 9.10. The Hall–Kier alpha value is -1.01. The van der Waals surface area contributed by atoms with Gasteiger partial charge in [0.05, 0.1) is 10.7 Å². The van der Waals surface area contributed by atoms with Crippen LogP contribution in [0.15, 0.2) is 33.3 Å². The lowest BCUT2D eigenvalue weighted by atomic mass is 10.1. The molecule has 0 atom stereocenters. The lowest BCUT2D eigenvalue weighted by Crippen LogP contribution is -2.12. The van der Waals surface area contributed by atoms with Crippen molar-refractivity contribution < 1.29 is 9.18 Å². The molecule has 0 fully saturated rings. The molecule has 0 aliphatic heterocycles. The van der Waals surface area contributed by atoms with Crippen molar-refractivity contribution in [2.75, 3.05) is 0 Å². The Labute approximate surface area is 120 Å². The minimum absolute atomic E-state index is 0.271. The van der Waals surface area contributed by atoms with E-state index < -0.39 is 5.82 Å². The number of aromatic nitrogens is 2. The zero-order valence-corrected chi connectivity index (χ0v) is 12.6. The van der Waals surface area contributed by atoms with Gasteiger partial charge in [-0.05, 0) is 41.1 Å². The Morgan fingerprint density at radius 2 is 2.11 bits per heavy atom. The van der Waals surface area contributed by atoms with E-state index in [0.29, 0.717) is 21.2 Å². The molecule has 0 saturated heterocycles. The van der Waals surface area contributed by atoms with Crippen molar-refractivity contribution in [1.29, 1.82) is 0 Å². The van der Waals surface area contributed by atoms with Crippen molar-refractivity contribution in [1.82, 2.24) is 9.78 Å². The number of nitrogens with zero attached hydrogens (tertiary/aromatic N) is 2. The molecule has 18 heavy (non-hydrogen) atoms. The van der Waals surface area contributed by atoms with Gasteiger partial charge >= 0.3 is 0 Å². The summed E-state index contributed by atoms with van der Waals surface area (Å²) in [5, 5.41) is 4.07. The maximum absolute atomic E-state index is 13.2. The van der Waals surface area contributed by atoms with Crippen LogP contribution in [0.3, 0.4) is 0 Å². The third-order valence-electron chi connectivity index (χ3n) is 2.48. The van der Waals surface area contributed by atoms with Gasteiger partial charge in [-0.2, -0.15) is 5.10 Å². The summed E-state index contributed by atoms with van der Waals surface area (Å²) in [5.74, 6) is -0.715. The second kappa shape index (κ2) is 5.32. The van der Waals surface area contributed by atoms with Gasteiger partial charge in [0.1, 0.15) is 11.5 Å². The first kappa shape index (κ1) is 13.4. The Morgan fingerprint density at radius 3 is 2.78 bits per heavy atom. The summed E-state index contributed by atoms with van der Waals surface area (Å²) >= 11 is 6.54. The summed E-state index contributed by atoms with van der Waals surface area (Å²) in [4.78, 5) is 12.4. The van der Waals surface area contributed by atoms with E-state index in [9.17, 15) is 9.18 Å². The van der Waals surface area contributed by atoms with Crippen LogP contribution in [-0.2, 0) is 6.54 Å². The lowest BCUT2D eigenvalue weighted by Gasteiger charge is -2.06. The van der Waals surface area contributed by atoms with Crippen LogP contribution in [0.1, 0.15) is 23.0 Å². The molecule has 1 aromatic heterocycles. The van der Waals surface area contributed by atoms with Gasteiger partial charge in [0.2, 0.25) is 5.78 Å². The van der Waals surface area contributed by atoms with Crippen molar-refractivity contribution in [3.8, 4) is 0 Å². The fourth-order valence-corrected chi connectivity index (χ4v) is 2.53. The normalized spacial score (nSPS) is 10.7. The molecule has 0 radical (unpaired) electrons. The van der Waals surface area contributed by atoms with Crippen molar-refractivity contribution in [2.45, 2.75) is 13.5 Å². The number of carbonyl (C=O) groups is 1. The maximum Gasteiger partial charge on any atom is 0.213 e. The van der Waals surface area contributed by atoms with Crippen LogP contribution in [-0.4, -0.2) is 15.6 Å². The molecular formula is C12H9Br2FN2O. The molecular weight excluding hydrogens is 367 g/mol. The molecule has 0 spiro atoms. The molecule has 6 heteroatoms. The SMILES string of the molecule is CCn1ncc(Br)c1C(=O)c1cc(F)ccc1Br. The van der Waals surface area contributed by atoms with Crippen LogP contribution in [0.2, 0.25) is 0 Å². The average Bonchev–Trinajstić information content (AvgIpc) is 2.72. The Bertz CT molecular complexity index is 610. The third kappa shape index (κ3) is 2.40. The fraction of sp³-hybridized carbons (Fsp3) is 0.167. The van der Waals surface area contributed by atoms with Crippen LogP contribution >= 0.6 is 31.9 Å². The summed E-state index contributed by atoms with van der Waals surface area (Å²) in [5.41, 5.74) is 0.703. The first-order valence-electron chi connectivity index (χ1n) is 5.25. The van der Waals surface area contributed by atoms with Gasteiger partial charge < -0.3 is 0 Å². The number of hydrogen-bond donors (Lipinski definition) is 0. The topological polar surface area (TPSA) is 34.9 Å². The van der Waals surface area contributed by atoms with E-state index in [1.165, 1.54) is 18.2 Å². The molecule has 1 aromatic carbocycles. The van der Waals surface area contributed by atoms with Gasteiger partial charge in [0.25, 0.3) is 0 Å². The molecule has 3 nitrogen and oxygen atoms in total. The summed E-state index contributed by atoms with van der Waals surface area (Å²) < 4.78 is 16.0. The maximum atomic E-state index is 13.2. The van der Waals surface area contributed by atoms with Gasteiger partial charge in [0, 0.05) is 16.6 Å². The van der Waals surface area contributed by atoms with E-state index in [-0.39, 0.29) is 11.3 Å². The molecule has 1 heterocycles. The highest BCUT2D eigenvalue weighted by Gasteiger charge is 2.20. The van der Waals surface area contributed by atoms with Gasteiger partial charge in [-0.15, -0.1) is 0 Å². The average molecular weight is 376 g/mol. The molecule has 0 aliphatic rings. The summed E-state index contributed by atoms with van der Waals surface area (Å²) in [6.45, 7) is 2.45. The minimum Gasteiger partial charge on any atom is -0.287 e. The predicted molar refractivity (Wildman–Crippen MR) is 73.1 cm³/mol. The second-order valence-electron chi connectivity index (χ2n) is 3.61. The number of benzene rings is 1. The van der Waals surface area contributed by atoms with Gasteiger partial charge in [0.15, 0.2) is 0 Å². The molecule has 2 aromatic rings. The Kier molecular flexibility index (Phi) is 3.97. The minimum atomic E-state index is -0.444. The number of carbonyl (C=O) groups excluding carboxylic acids is 1. The second-order valence-corrected chi connectivity index (χ2v) is 5.32. The van der Waals surface area contributed by atoms with Crippen LogP contribution in [0.4, 0.5) is 4.39 Å². The third-order valence-corrected chi connectivity index (χ3v) is 3.75. The van der Waals surface area contributed by atoms with E-state index >= 15 is 0 Å². The van der Waals surface area contributed by atoms with Gasteiger partial charge in [-0.3, -0.25) is 9.48 Å². The van der Waals surface area contributed by atoms with Crippen molar-refractivity contribution in [3.05, 3.63) is 50.4 Å². The molecule has 0 unspecified atom stereocenters. The largest absolute Gasteiger partial charge is 0.287 e. The smallest absolute Gasteiger partial charge is 0.213 e. The van der Waals surface area contributed by atoms with Crippen molar-refractivity contribution in [3.63, 3.8) is 0 Å². The monoisotopic (exact) mass is 374 g/mol. The molecule has 0 amide bonds. The number of ketones is 1. The first-order valence-corrected chi connectivity index (χ1v) is 6.84. The standard InChI is InChI=1S/C12H9Br2FN2O/c1-2-17-11(10(14)6-16-17)12(18)8-5-7(15)3-4-9(8)13/h3-6H,2H2,1H3. The van der Waals surface area contributed by atoms with Gasteiger partial charge in [-0.1, -0.05) is 15.9 Å². The molecule has 0 saturated carbocycles. The quantitative estimate of drug-likeness (QED) is 0.765. The van der Waals surface area contributed by atoms with Crippen LogP contribution in [0.5, 0.6) is 0 Å². The van der Waals surface area contributed by atoms with Crippen LogP contribution in [0, 0.1) is 5.82 Å². The summed E-state index contributed by atoms with van der Waals surface area (Å²) in [6.07, 6.45) is 1.56. The zero-order valence-electron chi connectivity index (χ0n) is 9.45. The Balaban J connectivity index is 2.54. The van der Waals surface area contributed by atoms with Crippen LogP contribution < -0.4 is 0 Å². The predicted octanol–water partition coefficient (Wildman–Crippen LogP) is 3.80. The van der Waals surface area contributed by atoms with Crippen molar-refractivity contribution >= 4 is 37.6 Å². The highest BCUT2D eigenvalue weighted by Crippen LogP contribution is 2.25. The van der Waals surface area contributed by atoms with E-state index in [4.69, 9.17) is 0 Å². The first-order chi connectivity index (χ1) is 8.54. The number of hydrogen-bond acceptors (Lipinski definition) is 2. The number of halogens is 3. The highest BCUT2D eigenvalue weighted by atomic mass is 79.9. The van der Waals surface area contributed by atoms with E-state index in [1.54, 1.807) is 10.9 Å². The molecule has 2 rings (SSSR count). The molecule has 94 valence electrons. The van der Waals surface area contributed by atoms with Crippen molar-refractivity contribution in [2.24, 2.45) is 0 Å².